The Bertz CT molecular complexity index is 975. The Labute approximate surface area is 163 Å². The highest BCUT2D eigenvalue weighted by atomic mass is 32.2. The van der Waals surface area contributed by atoms with E-state index in [1.807, 2.05) is 4.90 Å². The van der Waals surface area contributed by atoms with Crippen LogP contribution in [0, 0.1) is 0 Å². The normalized spacial score (nSPS) is 20.5. The molecule has 0 unspecified atom stereocenters. The van der Waals surface area contributed by atoms with Crippen LogP contribution in [-0.4, -0.2) is 48.8 Å². The Morgan fingerprint density at radius 1 is 1.26 bits per heavy atom. The average molecular weight is 384 g/mol. The van der Waals surface area contributed by atoms with E-state index in [1.54, 1.807) is 0 Å². The molecule has 4 rings (SSSR count). The number of aromatic amines is 1. The molecule has 0 spiro atoms. The van der Waals surface area contributed by atoms with Crippen LogP contribution < -0.4 is 0 Å². The molecular weight excluding hydrogens is 358 g/mol. The number of hydrogen-bond donors (Lipinski definition) is 1. The molecule has 1 aliphatic heterocycles. The molecule has 3 aromatic rings. The molecule has 7 heteroatoms. The van der Waals surface area contributed by atoms with Crippen molar-refractivity contribution >= 4 is 39.7 Å². The summed E-state index contributed by atoms with van der Waals surface area (Å²) in [5.41, 5.74) is 3.79. The van der Waals surface area contributed by atoms with Crippen LogP contribution in [0.3, 0.4) is 0 Å². The molecule has 1 saturated heterocycles. The van der Waals surface area contributed by atoms with Crippen LogP contribution in [-0.2, 0) is 11.2 Å². The van der Waals surface area contributed by atoms with Gasteiger partial charge in [0.2, 0.25) is 11.1 Å². The van der Waals surface area contributed by atoms with Gasteiger partial charge in [0.25, 0.3) is 0 Å². The molecule has 1 amide bonds. The molecular formula is C20H25N5OS. The van der Waals surface area contributed by atoms with E-state index in [0.717, 1.165) is 41.3 Å². The van der Waals surface area contributed by atoms with Crippen LogP contribution in [0.25, 0.3) is 22.1 Å². The van der Waals surface area contributed by atoms with Gasteiger partial charge < -0.3 is 9.88 Å². The number of aryl methyl sites for hydroxylation is 1. The molecule has 2 aromatic heterocycles. The minimum atomic E-state index is 0.160. The van der Waals surface area contributed by atoms with E-state index in [0.29, 0.717) is 23.0 Å². The Morgan fingerprint density at radius 2 is 2.04 bits per heavy atom. The van der Waals surface area contributed by atoms with Crippen LogP contribution in [0.1, 0.15) is 45.6 Å². The molecule has 1 aromatic carbocycles. The van der Waals surface area contributed by atoms with Gasteiger partial charge in [0.05, 0.1) is 5.75 Å². The fourth-order valence-electron chi connectivity index (χ4n) is 4.00. The van der Waals surface area contributed by atoms with Crippen LogP contribution in [0.5, 0.6) is 0 Å². The number of piperidine rings is 1. The molecule has 3 heterocycles. The van der Waals surface area contributed by atoms with E-state index in [-0.39, 0.29) is 5.91 Å². The average Bonchev–Trinajstić information content (AvgIpc) is 3.03. The molecule has 2 atom stereocenters. The summed E-state index contributed by atoms with van der Waals surface area (Å²) in [6, 6.07) is 6.93. The van der Waals surface area contributed by atoms with E-state index in [4.69, 9.17) is 0 Å². The highest BCUT2D eigenvalue weighted by molar-refractivity contribution is 7.99. The number of rotatable bonds is 4. The number of aromatic nitrogens is 4. The molecule has 0 saturated carbocycles. The summed E-state index contributed by atoms with van der Waals surface area (Å²) in [6.45, 7) is 6.41. The van der Waals surface area contributed by atoms with E-state index in [1.165, 1.54) is 23.7 Å². The first-order chi connectivity index (χ1) is 13.1. The number of H-pyrrole nitrogens is 1. The lowest BCUT2D eigenvalue weighted by atomic mass is 9.98. The number of nitrogens with zero attached hydrogens (tertiary/aromatic N) is 4. The summed E-state index contributed by atoms with van der Waals surface area (Å²) in [5, 5.41) is 10.2. The van der Waals surface area contributed by atoms with Gasteiger partial charge in [-0.1, -0.05) is 24.8 Å². The number of carbonyl (C=O) groups is 1. The van der Waals surface area contributed by atoms with E-state index < -0.39 is 0 Å². The molecule has 1 aliphatic rings. The van der Waals surface area contributed by atoms with E-state index >= 15 is 0 Å². The van der Waals surface area contributed by atoms with Crippen molar-refractivity contribution < 1.29 is 4.79 Å². The molecule has 0 bridgehead atoms. The van der Waals surface area contributed by atoms with Crippen LogP contribution in [0.15, 0.2) is 23.4 Å². The largest absolute Gasteiger partial charge is 0.338 e. The number of carbonyl (C=O) groups excluding carboxylic acids is 1. The van der Waals surface area contributed by atoms with Gasteiger partial charge in [0.1, 0.15) is 5.52 Å². The van der Waals surface area contributed by atoms with Gasteiger partial charge in [-0.05, 0) is 57.2 Å². The van der Waals surface area contributed by atoms with Crippen molar-refractivity contribution in [2.24, 2.45) is 0 Å². The van der Waals surface area contributed by atoms with Crippen molar-refractivity contribution in [1.82, 2.24) is 25.1 Å². The SMILES string of the molecule is CCc1ccc2[nH]c3nc(SCC(=O)N4[C@H](C)CCC[C@H]4C)nnc3c2c1. The standard InChI is InChI=1S/C20H25N5OS/c1-4-14-8-9-16-15(10-14)18-19(21-16)22-20(24-23-18)27-11-17(26)25-12(2)6-5-7-13(25)3/h8-10,12-13H,4-7,11H2,1-3H3,(H,21,22,24)/t12-,13-/m1/s1. The van der Waals surface area contributed by atoms with Crippen molar-refractivity contribution in [2.75, 3.05) is 5.75 Å². The van der Waals surface area contributed by atoms with Crippen molar-refractivity contribution in [3.05, 3.63) is 23.8 Å². The summed E-state index contributed by atoms with van der Waals surface area (Å²) >= 11 is 1.36. The molecule has 142 valence electrons. The van der Waals surface area contributed by atoms with E-state index in [9.17, 15) is 4.79 Å². The predicted molar refractivity (Wildman–Crippen MR) is 109 cm³/mol. The Kier molecular flexibility index (Phi) is 5.04. The second-order valence-corrected chi connectivity index (χ2v) is 8.31. The lowest BCUT2D eigenvalue weighted by Gasteiger charge is -2.39. The Hall–Kier alpha value is -2.15. The Balaban J connectivity index is 1.52. The highest BCUT2D eigenvalue weighted by Gasteiger charge is 2.28. The van der Waals surface area contributed by atoms with Gasteiger partial charge in [0, 0.05) is 23.0 Å². The minimum Gasteiger partial charge on any atom is -0.338 e. The fourth-order valence-corrected chi connectivity index (χ4v) is 4.65. The Morgan fingerprint density at radius 3 is 2.78 bits per heavy atom. The number of thioether (sulfide) groups is 1. The summed E-state index contributed by atoms with van der Waals surface area (Å²) in [4.78, 5) is 22.6. The van der Waals surface area contributed by atoms with Crippen molar-refractivity contribution in [3.8, 4) is 0 Å². The smallest absolute Gasteiger partial charge is 0.233 e. The molecule has 6 nitrogen and oxygen atoms in total. The van der Waals surface area contributed by atoms with Crippen LogP contribution in [0.4, 0.5) is 0 Å². The summed E-state index contributed by atoms with van der Waals surface area (Å²) in [7, 11) is 0. The zero-order valence-corrected chi connectivity index (χ0v) is 16.8. The van der Waals surface area contributed by atoms with E-state index in [2.05, 4.69) is 59.1 Å². The molecule has 27 heavy (non-hydrogen) atoms. The van der Waals surface area contributed by atoms with Gasteiger partial charge in [-0.2, -0.15) is 0 Å². The van der Waals surface area contributed by atoms with Gasteiger partial charge in [0.15, 0.2) is 5.65 Å². The number of fused-ring (bicyclic) bond motifs is 3. The summed E-state index contributed by atoms with van der Waals surface area (Å²) in [6.07, 6.45) is 4.34. The van der Waals surface area contributed by atoms with Gasteiger partial charge in [-0.25, -0.2) is 4.98 Å². The van der Waals surface area contributed by atoms with Crippen LogP contribution >= 0.6 is 11.8 Å². The lowest BCUT2D eigenvalue weighted by Crippen LogP contribution is -2.48. The molecule has 1 fully saturated rings. The number of likely N-dealkylation sites (tertiary alicyclic amines) is 1. The maximum absolute atomic E-state index is 12.7. The van der Waals surface area contributed by atoms with Gasteiger partial charge in [-0.3, -0.25) is 4.79 Å². The first-order valence-electron chi connectivity index (χ1n) is 9.65. The number of nitrogens with one attached hydrogen (secondary N) is 1. The van der Waals surface area contributed by atoms with Crippen molar-refractivity contribution in [3.63, 3.8) is 0 Å². The van der Waals surface area contributed by atoms with Crippen molar-refractivity contribution in [1.29, 1.82) is 0 Å². The minimum absolute atomic E-state index is 0.160. The van der Waals surface area contributed by atoms with Crippen LogP contribution in [0.2, 0.25) is 0 Å². The molecule has 0 radical (unpaired) electrons. The number of amides is 1. The zero-order valence-electron chi connectivity index (χ0n) is 16.0. The second-order valence-electron chi connectivity index (χ2n) is 7.37. The van der Waals surface area contributed by atoms with Gasteiger partial charge >= 0.3 is 0 Å². The molecule has 0 aliphatic carbocycles. The second kappa shape index (κ2) is 7.46. The molecule has 1 N–H and O–H groups in total. The fraction of sp³-hybridized carbons (Fsp3) is 0.500. The number of hydrogen-bond acceptors (Lipinski definition) is 5. The lowest BCUT2D eigenvalue weighted by molar-refractivity contribution is -0.134. The number of benzene rings is 1. The topological polar surface area (TPSA) is 74.8 Å². The third kappa shape index (κ3) is 3.52. The maximum Gasteiger partial charge on any atom is 0.233 e. The summed E-state index contributed by atoms with van der Waals surface area (Å²) < 4.78 is 0. The van der Waals surface area contributed by atoms with Crippen molar-refractivity contribution in [2.45, 2.75) is 63.7 Å². The third-order valence-corrected chi connectivity index (χ3v) is 6.30. The first kappa shape index (κ1) is 18.2. The zero-order chi connectivity index (χ0) is 19.0. The summed E-state index contributed by atoms with van der Waals surface area (Å²) in [5.74, 6) is 0.509. The quantitative estimate of drug-likeness (QED) is 0.691. The monoisotopic (exact) mass is 383 g/mol. The van der Waals surface area contributed by atoms with Gasteiger partial charge in [-0.15, -0.1) is 10.2 Å². The first-order valence-corrected chi connectivity index (χ1v) is 10.6. The predicted octanol–water partition coefficient (Wildman–Crippen LogP) is 3.95. The third-order valence-electron chi connectivity index (χ3n) is 5.47. The highest BCUT2D eigenvalue weighted by Crippen LogP contribution is 2.26. The maximum atomic E-state index is 12.7.